The maximum Gasteiger partial charge on any atom is 0.0723 e. The van der Waals surface area contributed by atoms with Crippen LogP contribution in [0.1, 0.15) is 42.4 Å². The van der Waals surface area contributed by atoms with Crippen molar-refractivity contribution in [3.05, 3.63) is 65.5 Å². The predicted octanol–water partition coefficient (Wildman–Crippen LogP) is 3.66. The van der Waals surface area contributed by atoms with Crippen molar-refractivity contribution in [3.63, 3.8) is 0 Å². The van der Waals surface area contributed by atoms with Crippen LogP contribution in [0.3, 0.4) is 0 Å². The zero-order valence-corrected chi connectivity index (χ0v) is 12.4. The van der Waals surface area contributed by atoms with Gasteiger partial charge in [0.15, 0.2) is 0 Å². The van der Waals surface area contributed by atoms with Crippen molar-refractivity contribution in [1.29, 1.82) is 0 Å². The van der Waals surface area contributed by atoms with E-state index in [0.717, 1.165) is 13.0 Å². The Morgan fingerprint density at radius 3 is 2.57 bits per heavy atom. The number of hydrogen-bond acceptors (Lipinski definition) is 2. The number of nitrogens with zero attached hydrogens (tertiary/aromatic N) is 1. The maximum atomic E-state index is 4.23. The molecule has 2 aromatic rings. The van der Waals surface area contributed by atoms with Gasteiger partial charge < -0.3 is 5.32 Å². The van der Waals surface area contributed by atoms with Crippen molar-refractivity contribution < 1.29 is 0 Å². The van der Waals surface area contributed by atoms with Crippen molar-refractivity contribution in [2.75, 3.05) is 6.54 Å². The smallest absolute Gasteiger partial charge is 0.0723 e. The Balaban J connectivity index is 1.93. The van der Waals surface area contributed by atoms with E-state index in [1.165, 1.54) is 42.4 Å². The van der Waals surface area contributed by atoms with Crippen LogP contribution >= 0.6 is 0 Å². The van der Waals surface area contributed by atoms with Crippen molar-refractivity contribution >= 4 is 0 Å². The lowest BCUT2D eigenvalue weighted by molar-refractivity contribution is 0.250. The molecule has 4 rings (SSSR count). The van der Waals surface area contributed by atoms with Crippen molar-refractivity contribution in [3.8, 4) is 0 Å². The molecular weight excluding hydrogens is 256 g/mol. The van der Waals surface area contributed by atoms with Crippen LogP contribution in [-0.4, -0.2) is 11.5 Å². The van der Waals surface area contributed by atoms with E-state index in [9.17, 15) is 0 Å². The van der Waals surface area contributed by atoms with Crippen LogP contribution < -0.4 is 5.32 Å². The van der Waals surface area contributed by atoms with E-state index < -0.39 is 0 Å². The number of benzene rings is 1. The SMILES string of the molecule is c1ccc2c(c1)CCNC2(c1ccncc1)C1CCCC1. The molecular formula is C19H22N2. The number of pyridine rings is 1. The van der Waals surface area contributed by atoms with Gasteiger partial charge in [0, 0.05) is 18.9 Å². The fourth-order valence-electron chi connectivity index (χ4n) is 4.44. The van der Waals surface area contributed by atoms with E-state index in [2.05, 4.69) is 46.7 Å². The second-order valence-corrected chi connectivity index (χ2v) is 6.36. The maximum absolute atomic E-state index is 4.23. The van der Waals surface area contributed by atoms with Crippen LogP contribution in [0.25, 0.3) is 0 Å². The highest BCUT2D eigenvalue weighted by Crippen LogP contribution is 2.47. The van der Waals surface area contributed by atoms with Gasteiger partial charge in [-0.1, -0.05) is 37.1 Å². The average molecular weight is 278 g/mol. The highest BCUT2D eigenvalue weighted by Gasteiger charge is 2.45. The number of hydrogen-bond donors (Lipinski definition) is 1. The summed E-state index contributed by atoms with van der Waals surface area (Å²) in [4.78, 5) is 4.23. The zero-order valence-electron chi connectivity index (χ0n) is 12.4. The Kier molecular flexibility index (Phi) is 3.27. The van der Waals surface area contributed by atoms with E-state index in [0.29, 0.717) is 5.92 Å². The molecule has 21 heavy (non-hydrogen) atoms. The largest absolute Gasteiger partial charge is 0.303 e. The molecule has 0 saturated heterocycles. The topological polar surface area (TPSA) is 24.9 Å². The molecule has 0 radical (unpaired) electrons. The first-order chi connectivity index (χ1) is 10.4. The van der Waals surface area contributed by atoms with Gasteiger partial charge in [-0.05, 0) is 54.0 Å². The fourth-order valence-corrected chi connectivity index (χ4v) is 4.44. The van der Waals surface area contributed by atoms with Crippen LogP contribution in [0.15, 0.2) is 48.8 Å². The van der Waals surface area contributed by atoms with Crippen LogP contribution in [0.4, 0.5) is 0 Å². The van der Waals surface area contributed by atoms with E-state index in [4.69, 9.17) is 0 Å². The Bertz CT molecular complexity index is 616. The Morgan fingerprint density at radius 1 is 1.00 bits per heavy atom. The van der Waals surface area contributed by atoms with Gasteiger partial charge in [-0.25, -0.2) is 0 Å². The number of fused-ring (bicyclic) bond motifs is 1. The summed E-state index contributed by atoms with van der Waals surface area (Å²) >= 11 is 0. The number of rotatable bonds is 2. The summed E-state index contributed by atoms with van der Waals surface area (Å²) in [6.07, 6.45) is 10.4. The lowest BCUT2D eigenvalue weighted by Gasteiger charge is -2.45. The summed E-state index contributed by atoms with van der Waals surface area (Å²) in [5, 5.41) is 3.92. The van der Waals surface area contributed by atoms with Crippen LogP contribution in [0.5, 0.6) is 0 Å². The third-order valence-corrected chi connectivity index (χ3v) is 5.34. The van der Waals surface area contributed by atoms with Crippen molar-refractivity contribution in [1.82, 2.24) is 10.3 Å². The predicted molar refractivity (Wildman–Crippen MR) is 85.1 cm³/mol. The minimum Gasteiger partial charge on any atom is -0.303 e. The molecule has 0 bridgehead atoms. The standard InChI is InChI=1S/C19H22N2/c1-4-8-18-15(5-1)9-14-21-19(18,16-6-2-3-7-16)17-10-12-20-13-11-17/h1,4-5,8,10-13,16,21H,2-3,6-7,9,14H2. The van der Waals surface area contributed by atoms with Gasteiger partial charge in [-0.3, -0.25) is 4.98 Å². The van der Waals surface area contributed by atoms with Crippen LogP contribution in [0, 0.1) is 5.92 Å². The van der Waals surface area contributed by atoms with Gasteiger partial charge in [-0.15, -0.1) is 0 Å². The number of nitrogens with one attached hydrogen (secondary N) is 1. The lowest BCUT2D eigenvalue weighted by atomic mass is 9.69. The molecule has 2 nitrogen and oxygen atoms in total. The van der Waals surface area contributed by atoms with Crippen molar-refractivity contribution in [2.24, 2.45) is 5.92 Å². The molecule has 1 aliphatic carbocycles. The van der Waals surface area contributed by atoms with Crippen molar-refractivity contribution in [2.45, 2.75) is 37.6 Å². The first kappa shape index (κ1) is 13.0. The molecule has 1 unspecified atom stereocenters. The molecule has 1 fully saturated rings. The molecule has 0 amide bonds. The lowest BCUT2D eigenvalue weighted by Crippen LogP contribution is -2.52. The molecule has 1 N–H and O–H groups in total. The first-order valence-corrected chi connectivity index (χ1v) is 8.15. The van der Waals surface area contributed by atoms with Gasteiger partial charge in [0.25, 0.3) is 0 Å². The van der Waals surface area contributed by atoms with Crippen LogP contribution in [-0.2, 0) is 12.0 Å². The zero-order chi connectivity index (χ0) is 14.1. The minimum absolute atomic E-state index is 0.00567. The van der Waals surface area contributed by atoms with Gasteiger partial charge in [0.2, 0.25) is 0 Å². The van der Waals surface area contributed by atoms with E-state index >= 15 is 0 Å². The Hall–Kier alpha value is -1.67. The second-order valence-electron chi connectivity index (χ2n) is 6.36. The van der Waals surface area contributed by atoms with E-state index in [1.54, 1.807) is 0 Å². The molecule has 1 saturated carbocycles. The number of aromatic nitrogens is 1. The quantitative estimate of drug-likeness (QED) is 0.907. The Labute approximate surface area is 126 Å². The third kappa shape index (κ3) is 2.01. The molecule has 1 aromatic heterocycles. The third-order valence-electron chi connectivity index (χ3n) is 5.34. The molecule has 1 aromatic carbocycles. The van der Waals surface area contributed by atoms with Gasteiger partial charge in [-0.2, -0.15) is 0 Å². The molecule has 1 aliphatic heterocycles. The summed E-state index contributed by atoms with van der Waals surface area (Å²) < 4.78 is 0. The summed E-state index contributed by atoms with van der Waals surface area (Å²) in [7, 11) is 0. The summed E-state index contributed by atoms with van der Waals surface area (Å²) in [6.45, 7) is 1.07. The van der Waals surface area contributed by atoms with Gasteiger partial charge in [0.1, 0.15) is 0 Å². The highest BCUT2D eigenvalue weighted by molar-refractivity contribution is 5.45. The van der Waals surface area contributed by atoms with Gasteiger partial charge >= 0.3 is 0 Å². The molecule has 2 heteroatoms. The van der Waals surface area contributed by atoms with E-state index in [-0.39, 0.29) is 5.54 Å². The molecule has 1 atom stereocenters. The molecule has 108 valence electrons. The monoisotopic (exact) mass is 278 g/mol. The minimum atomic E-state index is -0.00567. The Morgan fingerprint density at radius 2 is 1.76 bits per heavy atom. The van der Waals surface area contributed by atoms with Crippen LogP contribution in [0.2, 0.25) is 0 Å². The second kappa shape index (κ2) is 5.27. The average Bonchev–Trinajstić information content (AvgIpc) is 3.10. The molecule has 0 spiro atoms. The fraction of sp³-hybridized carbons (Fsp3) is 0.421. The molecule has 2 aliphatic rings. The molecule has 2 heterocycles. The van der Waals surface area contributed by atoms with E-state index in [1.807, 2.05) is 12.4 Å². The summed E-state index contributed by atoms with van der Waals surface area (Å²) in [6, 6.07) is 13.4. The highest BCUT2D eigenvalue weighted by atomic mass is 15.0. The summed E-state index contributed by atoms with van der Waals surface area (Å²) in [5.41, 5.74) is 4.39. The summed E-state index contributed by atoms with van der Waals surface area (Å²) in [5.74, 6) is 0.696. The van der Waals surface area contributed by atoms with Gasteiger partial charge in [0.05, 0.1) is 5.54 Å². The first-order valence-electron chi connectivity index (χ1n) is 8.15. The normalized spacial score (nSPS) is 25.7.